The van der Waals surface area contributed by atoms with Gasteiger partial charge in [-0.3, -0.25) is 9.58 Å². The van der Waals surface area contributed by atoms with E-state index in [0.717, 1.165) is 129 Å². The van der Waals surface area contributed by atoms with Crippen LogP contribution in [0.25, 0.3) is 22.0 Å². The summed E-state index contributed by atoms with van der Waals surface area (Å²) in [5.74, 6) is 1.03. The van der Waals surface area contributed by atoms with Gasteiger partial charge in [0.2, 0.25) is 0 Å². The molecular weight excluding hydrogens is 642 g/mol. The Kier molecular flexibility index (Phi) is 8.65. The standard InChI is InChI=1S/C37H52ClN7O4/c1-24-19-29-28(20-39-45(29)30-9-6-7-18-48-30)32(33(24)38)31-25(2)44(26-10-14-41(15-11-26)35(46)49-36(3,4)5)40-34(31)43-17-16-42(27-21-47-22-27)23-37(43)12-8-13-37/h19-20,26-27,30H,6-18,21-23H2,1-5H3. The van der Waals surface area contributed by atoms with Crippen molar-refractivity contribution in [2.24, 2.45) is 0 Å². The number of hydrogen-bond acceptors (Lipinski definition) is 8. The lowest BCUT2D eigenvalue weighted by Crippen LogP contribution is -2.69. The minimum absolute atomic E-state index is 0.0455. The van der Waals surface area contributed by atoms with E-state index in [1.54, 1.807) is 0 Å². The highest BCUT2D eigenvalue weighted by molar-refractivity contribution is 6.36. The number of nitrogens with zero attached hydrogens (tertiary/aromatic N) is 7. The number of ether oxygens (including phenoxy) is 3. The molecule has 1 saturated carbocycles. The number of piperidine rings is 1. The van der Waals surface area contributed by atoms with Crippen LogP contribution in [0.3, 0.4) is 0 Å². The van der Waals surface area contributed by atoms with Gasteiger partial charge in [0.1, 0.15) is 5.60 Å². The molecule has 5 aliphatic rings. The summed E-state index contributed by atoms with van der Waals surface area (Å²) in [5.41, 5.74) is 4.87. The first-order chi connectivity index (χ1) is 23.5. The van der Waals surface area contributed by atoms with Crippen LogP contribution in [0.4, 0.5) is 10.6 Å². The zero-order valence-electron chi connectivity index (χ0n) is 29.8. The second-order valence-corrected chi connectivity index (χ2v) is 16.4. The summed E-state index contributed by atoms with van der Waals surface area (Å²) < 4.78 is 21.8. The topological polar surface area (TPSA) is 90.1 Å². The van der Waals surface area contributed by atoms with Crippen molar-refractivity contribution in [1.29, 1.82) is 0 Å². The summed E-state index contributed by atoms with van der Waals surface area (Å²) >= 11 is 7.39. The number of piperazine rings is 1. The number of hydrogen-bond donors (Lipinski definition) is 0. The summed E-state index contributed by atoms with van der Waals surface area (Å²) in [6.45, 7) is 16.7. The van der Waals surface area contributed by atoms with E-state index < -0.39 is 5.60 Å². The maximum Gasteiger partial charge on any atom is 0.410 e. The first-order valence-electron chi connectivity index (χ1n) is 18.5. The molecule has 11 nitrogen and oxygen atoms in total. The zero-order valence-corrected chi connectivity index (χ0v) is 30.6. The van der Waals surface area contributed by atoms with Crippen LogP contribution in [0.15, 0.2) is 12.3 Å². The van der Waals surface area contributed by atoms with Crippen LogP contribution in [-0.4, -0.2) is 105 Å². The molecule has 12 heteroatoms. The third-order valence-electron chi connectivity index (χ3n) is 11.7. The fourth-order valence-electron chi connectivity index (χ4n) is 8.74. The van der Waals surface area contributed by atoms with Crippen LogP contribution in [0, 0.1) is 13.8 Å². The van der Waals surface area contributed by atoms with Gasteiger partial charge >= 0.3 is 6.09 Å². The van der Waals surface area contributed by atoms with Crippen molar-refractivity contribution >= 4 is 34.4 Å². The van der Waals surface area contributed by atoms with Gasteiger partial charge in [0.05, 0.1) is 47.6 Å². The number of carbonyl (C=O) groups is 1. The molecule has 1 spiro atoms. The molecule has 4 saturated heterocycles. The molecule has 8 rings (SSSR count). The van der Waals surface area contributed by atoms with E-state index in [2.05, 4.69) is 39.1 Å². The van der Waals surface area contributed by atoms with Gasteiger partial charge in [-0.05, 0) is 97.6 Å². The fraction of sp³-hybridized carbons (Fsp3) is 0.703. The third-order valence-corrected chi connectivity index (χ3v) is 12.1. The van der Waals surface area contributed by atoms with Crippen molar-refractivity contribution in [3.05, 3.63) is 28.5 Å². The van der Waals surface area contributed by atoms with Crippen LogP contribution < -0.4 is 4.90 Å². The van der Waals surface area contributed by atoms with E-state index in [-0.39, 0.29) is 23.9 Å². The molecule has 0 radical (unpaired) electrons. The molecule has 3 aromatic rings. The number of aryl methyl sites for hydroxylation is 1. The number of benzene rings is 1. The molecule has 6 heterocycles. The maximum absolute atomic E-state index is 12.9. The summed E-state index contributed by atoms with van der Waals surface area (Å²) in [6.07, 6.45) is 10.0. The van der Waals surface area contributed by atoms with Crippen LogP contribution in [-0.2, 0) is 14.2 Å². The lowest BCUT2D eigenvalue weighted by Gasteiger charge is -2.58. The first-order valence-corrected chi connectivity index (χ1v) is 18.9. The van der Waals surface area contributed by atoms with Gasteiger partial charge in [-0.2, -0.15) is 10.2 Å². The van der Waals surface area contributed by atoms with Crippen LogP contribution in [0.2, 0.25) is 5.02 Å². The highest BCUT2D eigenvalue weighted by Crippen LogP contribution is 2.50. The Labute approximate surface area is 294 Å². The number of rotatable bonds is 5. The van der Waals surface area contributed by atoms with Gasteiger partial charge in [0, 0.05) is 61.5 Å². The van der Waals surface area contributed by atoms with Crippen LogP contribution in [0.5, 0.6) is 0 Å². The normalized spacial score (nSPS) is 24.0. The molecule has 49 heavy (non-hydrogen) atoms. The Bertz CT molecular complexity index is 1710. The summed E-state index contributed by atoms with van der Waals surface area (Å²) in [5, 5.41) is 12.3. The highest BCUT2D eigenvalue weighted by Gasteiger charge is 2.50. The molecule has 1 aromatic carbocycles. The number of fused-ring (bicyclic) bond motifs is 1. The van der Waals surface area contributed by atoms with E-state index in [4.69, 9.17) is 36.0 Å². The predicted molar refractivity (Wildman–Crippen MR) is 190 cm³/mol. The average Bonchev–Trinajstić information content (AvgIpc) is 3.60. The molecule has 1 amide bonds. The fourth-order valence-corrected chi connectivity index (χ4v) is 8.99. The number of anilines is 1. The maximum atomic E-state index is 12.9. The molecule has 0 N–H and O–H groups in total. The first kappa shape index (κ1) is 33.3. The predicted octanol–water partition coefficient (Wildman–Crippen LogP) is 6.88. The summed E-state index contributed by atoms with van der Waals surface area (Å²) in [7, 11) is 0. The smallest absolute Gasteiger partial charge is 0.410 e. The SMILES string of the molecule is Cc1cc2c(cnn2C2CCCCO2)c(-c2c(N3CCN(C4COC4)CC34CCC4)nn(C3CCN(C(=O)OC(C)(C)C)CC3)c2C)c1Cl. The Morgan fingerprint density at radius 1 is 0.980 bits per heavy atom. The summed E-state index contributed by atoms with van der Waals surface area (Å²) in [4.78, 5) is 20.1. The van der Waals surface area contributed by atoms with E-state index in [1.165, 1.54) is 6.42 Å². The number of likely N-dealkylation sites (tertiary alicyclic amines) is 1. The average molecular weight is 694 g/mol. The van der Waals surface area contributed by atoms with Gasteiger partial charge in [0.25, 0.3) is 0 Å². The second kappa shape index (κ2) is 12.7. The van der Waals surface area contributed by atoms with E-state index >= 15 is 0 Å². The largest absolute Gasteiger partial charge is 0.444 e. The van der Waals surface area contributed by atoms with E-state index in [1.807, 2.05) is 31.9 Å². The van der Waals surface area contributed by atoms with Crippen molar-refractivity contribution in [3.63, 3.8) is 0 Å². The van der Waals surface area contributed by atoms with Crippen LogP contribution in [0.1, 0.15) is 95.7 Å². The third kappa shape index (κ3) is 5.92. The Hall–Kier alpha value is -2.86. The van der Waals surface area contributed by atoms with Crippen molar-refractivity contribution in [2.45, 2.75) is 115 Å². The molecular formula is C37H52ClN7O4. The Balaban J connectivity index is 1.21. The van der Waals surface area contributed by atoms with Crippen molar-refractivity contribution in [1.82, 2.24) is 29.4 Å². The van der Waals surface area contributed by atoms with Gasteiger partial charge in [0.15, 0.2) is 12.0 Å². The van der Waals surface area contributed by atoms with E-state index in [9.17, 15) is 4.79 Å². The van der Waals surface area contributed by atoms with Crippen molar-refractivity contribution in [2.75, 3.05) is 57.4 Å². The molecule has 1 aliphatic carbocycles. The lowest BCUT2D eigenvalue weighted by atomic mass is 9.73. The molecule has 266 valence electrons. The lowest BCUT2D eigenvalue weighted by molar-refractivity contribution is -0.0819. The molecule has 4 aliphatic heterocycles. The number of carbonyl (C=O) groups excluding carboxylic acids is 1. The molecule has 1 unspecified atom stereocenters. The van der Waals surface area contributed by atoms with Gasteiger partial charge in [-0.1, -0.05) is 11.6 Å². The number of aromatic nitrogens is 4. The molecule has 0 bridgehead atoms. The van der Waals surface area contributed by atoms with Gasteiger partial charge in [-0.25, -0.2) is 9.48 Å². The van der Waals surface area contributed by atoms with Crippen molar-refractivity contribution in [3.8, 4) is 11.1 Å². The highest BCUT2D eigenvalue weighted by atomic mass is 35.5. The minimum Gasteiger partial charge on any atom is -0.444 e. The van der Waals surface area contributed by atoms with E-state index in [0.29, 0.717) is 19.1 Å². The number of amides is 1. The molecule has 2 aromatic heterocycles. The van der Waals surface area contributed by atoms with Gasteiger partial charge in [-0.15, -0.1) is 0 Å². The summed E-state index contributed by atoms with van der Waals surface area (Å²) in [6, 6.07) is 2.85. The van der Waals surface area contributed by atoms with Crippen molar-refractivity contribution < 1.29 is 19.0 Å². The zero-order chi connectivity index (χ0) is 34.1. The Morgan fingerprint density at radius 2 is 1.76 bits per heavy atom. The quantitative estimate of drug-likeness (QED) is 0.286. The molecule has 1 atom stereocenters. The second-order valence-electron chi connectivity index (χ2n) is 16.0. The Morgan fingerprint density at radius 3 is 2.39 bits per heavy atom. The van der Waals surface area contributed by atoms with Gasteiger partial charge < -0.3 is 24.0 Å². The minimum atomic E-state index is -0.515. The van der Waals surface area contributed by atoms with Crippen LogP contribution >= 0.6 is 11.6 Å². The number of halogens is 1. The molecule has 5 fully saturated rings. The monoisotopic (exact) mass is 693 g/mol.